The molecule has 0 aliphatic rings. The summed E-state index contributed by atoms with van der Waals surface area (Å²) in [6.07, 6.45) is 0. The maximum absolute atomic E-state index is 10.9. The molecule has 0 saturated heterocycles. The highest BCUT2D eigenvalue weighted by Crippen LogP contribution is 2.18. The van der Waals surface area contributed by atoms with E-state index < -0.39 is 9.05 Å². The average molecular weight is 222 g/mol. The standard InChI is InChI=1S/C7H8ClNO3S/c1-5-3-6(12-2)9-7(4-5)13(8,10)11/h3-4H,1-2H3. The lowest BCUT2D eigenvalue weighted by atomic mass is 10.3. The Morgan fingerprint density at radius 1 is 1.46 bits per heavy atom. The summed E-state index contributed by atoms with van der Waals surface area (Å²) >= 11 is 0. The van der Waals surface area contributed by atoms with Gasteiger partial charge in [0, 0.05) is 16.7 Å². The molecule has 0 radical (unpaired) electrons. The smallest absolute Gasteiger partial charge is 0.278 e. The molecule has 0 aliphatic heterocycles. The molecule has 0 atom stereocenters. The van der Waals surface area contributed by atoms with Gasteiger partial charge >= 0.3 is 0 Å². The van der Waals surface area contributed by atoms with Gasteiger partial charge in [0.05, 0.1) is 7.11 Å². The molecule has 1 rings (SSSR count). The van der Waals surface area contributed by atoms with Crippen molar-refractivity contribution in [1.29, 1.82) is 0 Å². The van der Waals surface area contributed by atoms with E-state index in [1.807, 2.05) is 0 Å². The van der Waals surface area contributed by atoms with Crippen molar-refractivity contribution in [2.45, 2.75) is 11.9 Å². The number of halogens is 1. The summed E-state index contributed by atoms with van der Waals surface area (Å²) in [5.74, 6) is 0.235. The van der Waals surface area contributed by atoms with E-state index in [2.05, 4.69) is 4.98 Å². The van der Waals surface area contributed by atoms with Crippen LogP contribution in [0.1, 0.15) is 5.56 Å². The van der Waals surface area contributed by atoms with Crippen LogP contribution >= 0.6 is 10.7 Å². The van der Waals surface area contributed by atoms with Crippen molar-refractivity contribution in [3.05, 3.63) is 17.7 Å². The van der Waals surface area contributed by atoms with E-state index >= 15 is 0 Å². The largest absolute Gasteiger partial charge is 0.481 e. The summed E-state index contributed by atoms with van der Waals surface area (Å²) < 4.78 is 26.6. The number of aromatic nitrogens is 1. The van der Waals surface area contributed by atoms with Gasteiger partial charge in [-0.25, -0.2) is 13.4 Å². The molecule has 1 aromatic heterocycles. The Bertz CT molecular complexity index is 416. The Labute approximate surface area is 80.9 Å². The third-order valence-electron chi connectivity index (χ3n) is 1.38. The zero-order valence-electron chi connectivity index (χ0n) is 7.11. The molecule has 0 bridgehead atoms. The van der Waals surface area contributed by atoms with Crippen LogP contribution in [0.25, 0.3) is 0 Å². The Balaban J connectivity index is 3.33. The van der Waals surface area contributed by atoms with E-state index in [1.165, 1.54) is 13.2 Å². The first-order chi connectivity index (χ1) is 5.93. The van der Waals surface area contributed by atoms with Crippen molar-refractivity contribution in [3.8, 4) is 5.88 Å². The fourth-order valence-corrected chi connectivity index (χ4v) is 1.60. The number of rotatable bonds is 2. The lowest BCUT2D eigenvalue weighted by Crippen LogP contribution is -1.98. The minimum Gasteiger partial charge on any atom is -0.481 e. The SMILES string of the molecule is COc1cc(C)cc(S(=O)(=O)Cl)n1. The highest BCUT2D eigenvalue weighted by molar-refractivity contribution is 8.13. The zero-order chi connectivity index (χ0) is 10.1. The van der Waals surface area contributed by atoms with Gasteiger partial charge in [0.1, 0.15) is 0 Å². The molecule has 0 spiro atoms. The fraction of sp³-hybridized carbons (Fsp3) is 0.286. The molecule has 0 aliphatic carbocycles. The van der Waals surface area contributed by atoms with Crippen LogP contribution in [0.5, 0.6) is 5.88 Å². The number of methoxy groups -OCH3 is 1. The van der Waals surface area contributed by atoms with E-state index in [9.17, 15) is 8.42 Å². The van der Waals surface area contributed by atoms with Crippen molar-refractivity contribution in [1.82, 2.24) is 4.98 Å². The highest BCUT2D eigenvalue weighted by atomic mass is 35.7. The minimum absolute atomic E-state index is 0.189. The maximum atomic E-state index is 10.9. The number of pyridine rings is 1. The van der Waals surface area contributed by atoms with Gasteiger partial charge in [-0.3, -0.25) is 0 Å². The van der Waals surface area contributed by atoms with E-state index in [4.69, 9.17) is 15.4 Å². The van der Waals surface area contributed by atoms with Gasteiger partial charge < -0.3 is 4.74 Å². The second kappa shape index (κ2) is 3.51. The molecular formula is C7H8ClNO3S. The predicted molar refractivity (Wildman–Crippen MR) is 48.6 cm³/mol. The normalized spacial score (nSPS) is 11.3. The Morgan fingerprint density at radius 2 is 2.08 bits per heavy atom. The Hall–Kier alpha value is -0.810. The highest BCUT2D eigenvalue weighted by Gasteiger charge is 2.13. The van der Waals surface area contributed by atoms with Crippen LogP contribution in [0, 0.1) is 6.92 Å². The van der Waals surface area contributed by atoms with Crippen LogP contribution in [0.2, 0.25) is 0 Å². The van der Waals surface area contributed by atoms with Crippen molar-refractivity contribution in [3.63, 3.8) is 0 Å². The number of nitrogens with zero attached hydrogens (tertiary/aromatic N) is 1. The number of hydrogen-bond donors (Lipinski definition) is 0. The monoisotopic (exact) mass is 221 g/mol. The third-order valence-corrected chi connectivity index (χ3v) is 2.56. The van der Waals surface area contributed by atoms with Crippen LogP contribution in [0.4, 0.5) is 0 Å². The summed E-state index contributed by atoms with van der Waals surface area (Å²) in [5.41, 5.74) is 0.728. The molecule has 4 nitrogen and oxygen atoms in total. The molecule has 0 amide bonds. The molecule has 72 valence electrons. The molecule has 1 heterocycles. The summed E-state index contributed by atoms with van der Waals surface area (Å²) in [6.45, 7) is 1.73. The van der Waals surface area contributed by atoms with E-state index in [0.717, 1.165) is 5.56 Å². The molecular weight excluding hydrogens is 214 g/mol. The van der Waals surface area contributed by atoms with Gasteiger partial charge in [0.15, 0.2) is 5.03 Å². The Kier molecular flexibility index (Phi) is 2.77. The van der Waals surface area contributed by atoms with Crippen molar-refractivity contribution in [2.75, 3.05) is 7.11 Å². The van der Waals surface area contributed by atoms with Crippen molar-refractivity contribution < 1.29 is 13.2 Å². The molecule has 0 fully saturated rings. The summed E-state index contributed by atoms with van der Waals surface area (Å²) in [7, 11) is 2.75. The maximum Gasteiger partial charge on any atom is 0.278 e. The number of hydrogen-bond acceptors (Lipinski definition) is 4. The van der Waals surface area contributed by atoms with E-state index in [1.54, 1.807) is 13.0 Å². The molecule has 0 N–H and O–H groups in total. The lowest BCUT2D eigenvalue weighted by molar-refractivity contribution is 0.393. The summed E-state index contributed by atoms with van der Waals surface area (Å²) in [6, 6.07) is 3.00. The van der Waals surface area contributed by atoms with Gasteiger partial charge in [-0.15, -0.1) is 0 Å². The quantitative estimate of drug-likeness (QED) is 0.707. The van der Waals surface area contributed by atoms with Crippen LogP contribution in [-0.4, -0.2) is 20.5 Å². The minimum atomic E-state index is -3.78. The molecule has 0 aromatic carbocycles. The van der Waals surface area contributed by atoms with Gasteiger partial charge in [0.25, 0.3) is 9.05 Å². The van der Waals surface area contributed by atoms with Gasteiger partial charge in [-0.05, 0) is 18.6 Å². The predicted octanol–water partition coefficient (Wildman–Crippen LogP) is 1.33. The molecule has 13 heavy (non-hydrogen) atoms. The first kappa shape index (κ1) is 10.3. The van der Waals surface area contributed by atoms with Crippen LogP contribution < -0.4 is 4.74 Å². The third kappa shape index (κ3) is 2.57. The number of aryl methyl sites for hydroxylation is 1. The van der Waals surface area contributed by atoms with Gasteiger partial charge in [-0.1, -0.05) is 0 Å². The van der Waals surface area contributed by atoms with Gasteiger partial charge in [0.2, 0.25) is 5.88 Å². The van der Waals surface area contributed by atoms with Crippen LogP contribution in [0.3, 0.4) is 0 Å². The first-order valence-corrected chi connectivity index (χ1v) is 5.72. The zero-order valence-corrected chi connectivity index (χ0v) is 8.69. The van der Waals surface area contributed by atoms with E-state index in [-0.39, 0.29) is 10.9 Å². The first-order valence-electron chi connectivity index (χ1n) is 3.41. The fourth-order valence-electron chi connectivity index (χ4n) is 0.834. The van der Waals surface area contributed by atoms with Crippen LogP contribution in [-0.2, 0) is 9.05 Å². The number of ether oxygens (including phenoxy) is 1. The summed E-state index contributed by atoms with van der Waals surface area (Å²) in [4.78, 5) is 3.68. The Morgan fingerprint density at radius 3 is 2.54 bits per heavy atom. The molecule has 6 heteroatoms. The molecule has 0 saturated carbocycles. The molecule has 1 aromatic rings. The van der Waals surface area contributed by atoms with Gasteiger partial charge in [-0.2, -0.15) is 0 Å². The lowest BCUT2D eigenvalue weighted by Gasteiger charge is -2.02. The second-order valence-electron chi connectivity index (χ2n) is 2.46. The van der Waals surface area contributed by atoms with Crippen molar-refractivity contribution >= 4 is 19.7 Å². The summed E-state index contributed by atoms with van der Waals surface area (Å²) in [5, 5.41) is -0.189. The molecule has 0 unspecified atom stereocenters. The van der Waals surface area contributed by atoms with Crippen molar-refractivity contribution in [2.24, 2.45) is 0 Å². The topological polar surface area (TPSA) is 56.3 Å². The average Bonchev–Trinajstić information content (AvgIpc) is 2.01. The van der Waals surface area contributed by atoms with E-state index in [0.29, 0.717) is 0 Å². The van der Waals surface area contributed by atoms with Crippen LogP contribution in [0.15, 0.2) is 17.2 Å². The second-order valence-corrected chi connectivity index (χ2v) is 4.98.